The average Bonchev–Trinajstić information content (AvgIpc) is 2.34. The van der Waals surface area contributed by atoms with Crippen molar-refractivity contribution >= 4 is 16.2 Å². The van der Waals surface area contributed by atoms with Gasteiger partial charge >= 0.3 is 5.97 Å². The quantitative estimate of drug-likeness (QED) is 0.565. The van der Waals surface area contributed by atoms with Crippen molar-refractivity contribution in [2.75, 3.05) is 19.6 Å². The molecule has 0 aromatic heterocycles. The Hall–Kier alpha value is -0.660. The molecule has 0 aromatic rings. The van der Waals surface area contributed by atoms with E-state index < -0.39 is 22.1 Å². The van der Waals surface area contributed by atoms with Gasteiger partial charge in [0.25, 0.3) is 10.2 Å². The van der Waals surface area contributed by atoms with Crippen LogP contribution < -0.4 is 4.72 Å². The first-order valence-corrected chi connectivity index (χ1v) is 8.26. The fourth-order valence-electron chi connectivity index (χ4n) is 1.68. The van der Waals surface area contributed by atoms with Crippen LogP contribution in [0.4, 0.5) is 0 Å². The van der Waals surface area contributed by atoms with Gasteiger partial charge in [-0.1, -0.05) is 20.8 Å². The lowest BCUT2D eigenvalue weighted by Crippen LogP contribution is -2.42. The zero-order valence-electron chi connectivity index (χ0n) is 12.1. The number of hydrogen-bond acceptors (Lipinski definition) is 3. The Bertz CT molecular complexity index is 351. The standard InChI is InChI=1S/C12H26N2O4S/c1-4-9-14(10-5-2)19(17,18)13-8-6-7-11(3)12(15)16/h11,13H,4-10H2,1-3H3,(H,15,16). The lowest BCUT2D eigenvalue weighted by molar-refractivity contribution is -0.141. The number of carboxylic acid groups (broad SMARTS) is 1. The summed E-state index contributed by atoms with van der Waals surface area (Å²) >= 11 is 0. The van der Waals surface area contributed by atoms with E-state index in [-0.39, 0.29) is 6.54 Å². The molecule has 0 heterocycles. The highest BCUT2D eigenvalue weighted by Gasteiger charge is 2.19. The first-order chi connectivity index (χ1) is 8.85. The second-order valence-corrected chi connectivity index (χ2v) is 6.44. The third-order valence-corrected chi connectivity index (χ3v) is 4.42. The molecule has 0 aliphatic heterocycles. The molecule has 0 spiro atoms. The third-order valence-electron chi connectivity index (χ3n) is 2.81. The molecule has 19 heavy (non-hydrogen) atoms. The van der Waals surface area contributed by atoms with E-state index in [4.69, 9.17) is 5.11 Å². The highest BCUT2D eigenvalue weighted by Crippen LogP contribution is 2.06. The molecular weight excluding hydrogens is 268 g/mol. The molecule has 0 aliphatic carbocycles. The second kappa shape index (κ2) is 9.28. The Morgan fingerprint density at radius 2 is 1.79 bits per heavy atom. The number of rotatable bonds is 11. The number of nitrogens with zero attached hydrogens (tertiary/aromatic N) is 1. The number of hydrogen-bond donors (Lipinski definition) is 2. The van der Waals surface area contributed by atoms with Gasteiger partial charge in [-0.3, -0.25) is 4.79 Å². The van der Waals surface area contributed by atoms with Crippen LogP contribution in [-0.2, 0) is 15.0 Å². The Balaban J connectivity index is 4.17. The van der Waals surface area contributed by atoms with Crippen molar-refractivity contribution in [3.8, 4) is 0 Å². The molecule has 0 saturated heterocycles. The van der Waals surface area contributed by atoms with Crippen LogP contribution >= 0.6 is 0 Å². The van der Waals surface area contributed by atoms with Gasteiger partial charge in [-0.15, -0.1) is 0 Å². The van der Waals surface area contributed by atoms with Crippen molar-refractivity contribution in [3.05, 3.63) is 0 Å². The third kappa shape index (κ3) is 7.49. The van der Waals surface area contributed by atoms with Gasteiger partial charge in [0.05, 0.1) is 5.92 Å². The molecule has 0 bridgehead atoms. The van der Waals surface area contributed by atoms with E-state index in [9.17, 15) is 13.2 Å². The molecule has 1 unspecified atom stereocenters. The first kappa shape index (κ1) is 18.3. The lowest BCUT2D eigenvalue weighted by atomic mass is 10.1. The van der Waals surface area contributed by atoms with Gasteiger partial charge < -0.3 is 5.11 Å². The molecule has 0 saturated carbocycles. The van der Waals surface area contributed by atoms with Gasteiger partial charge in [0, 0.05) is 19.6 Å². The molecule has 0 aromatic carbocycles. The molecular formula is C12H26N2O4S. The Morgan fingerprint density at radius 1 is 1.26 bits per heavy atom. The van der Waals surface area contributed by atoms with E-state index in [2.05, 4.69) is 4.72 Å². The van der Waals surface area contributed by atoms with E-state index in [1.165, 1.54) is 4.31 Å². The van der Waals surface area contributed by atoms with Crippen molar-refractivity contribution in [2.24, 2.45) is 5.92 Å². The summed E-state index contributed by atoms with van der Waals surface area (Å²) in [5, 5.41) is 8.72. The van der Waals surface area contributed by atoms with Crippen molar-refractivity contribution in [3.63, 3.8) is 0 Å². The summed E-state index contributed by atoms with van der Waals surface area (Å²) in [5.41, 5.74) is 0. The molecule has 114 valence electrons. The zero-order chi connectivity index (χ0) is 14.9. The minimum absolute atomic E-state index is 0.282. The minimum Gasteiger partial charge on any atom is -0.481 e. The van der Waals surface area contributed by atoms with Crippen LogP contribution in [0.5, 0.6) is 0 Å². The summed E-state index contributed by atoms with van der Waals surface area (Å²) in [6, 6.07) is 0. The van der Waals surface area contributed by atoms with Gasteiger partial charge in [-0.05, 0) is 25.7 Å². The van der Waals surface area contributed by atoms with Crippen LogP contribution in [-0.4, -0.2) is 43.4 Å². The smallest absolute Gasteiger partial charge is 0.306 e. The summed E-state index contributed by atoms with van der Waals surface area (Å²) in [6.07, 6.45) is 2.55. The molecule has 2 N–H and O–H groups in total. The van der Waals surface area contributed by atoms with Crippen LogP contribution in [0.25, 0.3) is 0 Å². The maximum absolute atomic E-state index is 12.0. The SMILES string of the molecule is CCCN(CCC)S(=O)(=O)NCCCC(C)C(=O)O. The minimum atomic E-state index is -3.43. The largest absolute Gasteiger partial charge is 0.481 e. The molecule has 0 fully saturated rings. The highest BCUT2D eigenvalue weighted by atomic mass is 32.2. The topological polar surface area (TPSA) is 86.7 Å². The Labute approximate surface area is 116 Å². The van der Waals surface area contributed by atoms with Crippen LogP contribution in [0.3, 0.4) is 0 Å². The number of aliphatic carboxylic acids is 1. The van der Waals surface area contributed by atoms with Crippen molar-refractivity contribution in [1.82, 2.24) is 9.03 Å². The molecule has 6 nitrogen and oxygen atoms in total. The monoisotopic (exact) mass is 294 g/mol. The lowest BCUT2D eigenvalue weighted by Gasteiger charge is -2.21. The van der Waals surface area contributed by atoms with Crippen molar-refractivity contribution < 1.29 is 18.3 Å². The maximum Gasteiger partial charge on any atom is 0.306 e. The number of carbonyl (C=O) groups is 1. The Morgan fingerprint density at radius 3 is 2.21 bits per heavy atom. The number of nitrogens with one attached hydrogen (secondary N) is 1. The van der Waals surface area contributed by atoms with E-state index in [0.29, 0.717) is 25.9 Å². The summed E-state index contributed by atoms with van der Waals surface area (Å²) in [4.78, 5) is 10.6. The first-order valence-electron chi connectivity index (χ1n) is 6.82. The highest BCUT2D eigenvalue weighted by molar-refractivity contribution is 7.87. The molecule has 0 rings (SSSR count). The van der Waals surface area contributed by atoms with Crippen LogP contribution in [0.2, 0.25) is 0 Å². The predicted molar refractivity (Wildman–Crippen MR) is 75.1 cm³/mol. The molecule has 0 amide bonds. The Kier molecular flexibility index (Phi) is 8.95. The van der Waals surface area contributed by atoms with Gasteiger partial charge in [0.1, 0.15) is 0 Å². The van der Waals surface area contributed by atoms with E-state index in [1.54, 1.807) is 6.92 Å². The summed E-state index contributed by atoms with van der Waals surface area (Å²) in [6.45, 7) is 6.80. The summed E-state index contributed by atoms with van der Waals surface area (Å²) in [7, 11) is -3.43. The summed E-state index contributed by atoms with van der Waals surface area (Å²) in [5.74, 6) is -1.28. The van der Waals surface area contributed by atoms with Gasteiger partial charge in [0.15, 0.2) is 0 Å². The van der Waals surface area contributed by atoms with Crippen LogP contribution in [0.15, 0.2) is 0 Å². The van der Waals surface area contributed by atoms with E-state index in [0.717, 1.165) is 12.8 Å². The molecule has 0 aliphatic rings. The van der Waals surface area contributed by atoms with E-state index in [1.807, 2.05) is 13.8 Å². The molecule has 0 radical (unpaired) electrons. The van der Waals surface area contributed by atoms with Gasteiger partial charge in [0.2, 0.25) is 0 Å². The predicted octanol–water partition coefficient (Wildman–Crippen LogP) is 1.44. The fourth-order valence-corrected chi connectivity index (χ4v) is 3.11. The zero-order valence-corrected chi connectivity index (χ0v) is 12.9. The van der Waals surface area contributed by atoms with E-state index >= 15 is 0 Å². The van der Waals surface area contributed by atoms with Crippen molar-refractivity contribution in [1.29, 1.82) is 0 Å². The van der Waals surface area contributed by atoms with Crippen LogP contribution in [0, 0.1) is 5.92 Å². The second-order valence-electron chi connectivity index (χ2n) is 4.68. The van der Waals surface area contributed by atoms with Gasteiger partial charge in [-0.25, -0.2) is 4.72 Å². The van der Waals surface area contributed by atoms with Crippen molar-refractivity contribution in [2.45, 2.75) is 46.5 Å². The molecule has 1 atom stereocenters. The fraction of sp³-hybridized carbons (Fsp3) is 0.917. The molecule has 7 heteroatoms. The van der Waals surface area contributed by atoms with Gasteiger partial charge in [-0.2, -0.15) is 12.7 Å². The average molecular weight is 294 g/mol. The van der Waals surface area contributed by atoms with Crippen LogP contribution in [0.1, 0.15) is 46.5 Å². The normalized spacial score (nSPS) is 13.7. The number of carboxylic acids is 1. The summed E-state index contributed by atoms with van der Waals surface area (Å²) < 4.78 is 27.9. The maximum atomic E-state index is 12.0.